The maximum absolute atomic E-state index is 12.3. The molecule has 0 unspecified atom stereocenters. The summed E-state index contributed by atoms with van der Waals surface area (Å²) in [6, 6.07) is 12.1. The summed E-state index contributed by atoms with van der Waals surface area (Å²) in [4.78, 5) is 12.3. The zero-order valence-corrected chi connectivity index (χ0v) is 14.1. The molecule has 124 valence electrons. The van der Waals surface area contributed by atoms with Crippen molar-refractivity contribution in [3.8, 4) is 0 Å². The third-order valence-electron chi connectivity index (χ3n) is 4.77. The van der Waals surface area contributed by atoms with Crippen molar-refractivity contribution in [3.63, 3.8) is 0 Å². The summed E-state index contributed by atoms with van der Waals surface area (Å²) in [5.74, 6) is 0.761. The predicted molar refractivity (Wildman–Crippen MR) is 92.2 cm³/mol. The molecule has 1 aromatic carbocycles. The Morgan fingerprint density at radius 2 is 2.08 bits per heavy atom. The molecule has 0 N–H and O–H groups in total. The lowest BCUT2D eigenvalue weighted by Crippen LogP contribution is -2.10. The summed E-state index contributed by atoms with van der Waals surface area (Å²) in [5.41, 5.74) is 4.77. The predicted octanol–water partition coefficient (Wildman–Crippen LogP) is 4.53. The summed E-state index contributed by atoms with van der Waals surface area (Å²) < 4.78 is 11.0. The molecule has 0 spiro atoms. The first-order valence-electron chi connectivity index (χ1n) is 8.15. The van der Waals surface area contributed by atoms with E-state index in [2.05, 4.69) is 38.3 Å². The van der Waals surface area contributed by atoms with Crippen LogP contribution in [0.2, 0.25) is 0 Å². The minimum Gasteiger partial charge on any atom is -0.469 e. The molecule has 2 aromatic rings. The van der Waals surface area contributed by atoms with Gasteiger partial charge in [-0.05, 0) is 23.1 Å². The number of benzene rings is 1. The van der Waals surface area contributed by atoms with Crippen LogP contribution in [0, 0.1) is 17.3 Å². The highest BCUT2D eigenvalue weighted by Crippen LogP contribution is 2.59. The van der Waals surface area contributed by atoms with Crippen molar-refractivity contribution in [2.75, 3.05) is 0 Å². The van der Waals surface area contributed by atoms with Crippen molar-refractivity contribution >= 4 is 5.97 Å². The van der Waals surface area contributed by atoms with Gasteiger partial charge in [-0.15, -0.1) is 5.73 Å². The second kappa shape index (κ2) is 6.54. The normalized spacial score (nSPS) is 20.9. The van der Waals surface area contributed by atoms with E-state index in [0.29, 0.717) is 0 Å². The molecule has 0 bridgehead atoms. The van der Waals surface area contributed by atoms with Gasteiger partial charge in [0, 0.05) is 17.9 Å². The Morgan fingerprint density at radius 1 is 1.33 bits per heavy atom. The monoisotopic (exact) mass is 322 g/mol. The highest BCUT2D eigenvalue weighted by atomic mass is 16.5. The van der Waals surface area contributed by atoms with Crippen LogP contribution in [-0.2, 0) is 22.6 Å². The first-order chi connectivity index (χ1) is 11.5. The molecule has 1 heterocycles. The van der Waals surface area contributed by atoms with Gasteiger partial charge in [0.2, 0.25) is 0 Å². The van der Waals surface area contributed by atoms with Crippen molar-refractivity contribution in [1.82, 2.24) is 0 Å². The molecule has 3 rings (SSSR count). The van der Waals surface area contributed by atoms with Crippen LogP contribution < -0.4 is 0 Å². The van der Waals surface area contributed by atoms with E-state index >= 15 is 0 Å². The number of ether oxygens (including phenoxy) is 1. The molecule has 2 atom stereocenters. The third kappa shape index (κ3) is 3.37. The topological polar surface area (TPSA) is 39.4 Å². The van der Waals surface area contributed by atoms with Gasteiger partial charge in [0.05, 0.1) is 12.2 Å². The number of rotatable bonds is 6. The molecule has 3 heteroatoms. The SMILES string of the molecule is C=C=C[C@H]1[C@@H](C(=O)OCc2coc(Cc3ccccc3)c2)C1(C)C. The van der Waals surface area contributed by atoms with Crippen molar-refractivity contribution in [3.05, 3.63) is 77.9 Å². The first-order valence-corrected chi connectivity index (χ1v) is 8.15. The number of allylic oxidation sites excluding steroid dienone is 1. The largest absolute Gasteiger partial charge is 0.469 e. The summed E-state index contributed by atoms with van der Waals surface area (Å²) in [6.07, 6.45) is 4.25. The van der Waals surface area contributed by atoms with E-state index in [1.165, 1.54) is 5.56 Å². The van der Waals surface area contributed by atoms with Gasteiger partial charge in [-0.25, -0.2) is 0 Å². The van der Waals surface area contributed by atoms with Crippen LogP contribution in [-0.4, -0.2) is 5.97 Å². The average Bonchev–Trinajstić information content (AvgIpc) is 2.90. The van der Waals surface area contributed by atoms with Crippen LogP contribution in [0.5, 0.6) is 0 Å². The van der Waals surface area contributed by atoms with E-state index in [0.717, 1.165) is 17.7 Å². The number of hydrogen-bond acceptors (Lipinski definition) is 3. The van der Waals surface area contributed by atoms with Crippen molar-refractivity contribution in [2.24, 2.45) is 17.3 Å². The number of carbonyl (C=O) groups is 1. The van der Waals surface area contributed by atoms with E-state index in [1.54, 1.807) is 6.26 Å². The van der Waals surface area contributed by atoms with Gasteiger partial charge in [-0.2, -0.15) is 0 Å². The molecule has 1 saturated carbocycles. The van der Waals surface area contributed by atoms with Crippen LogP contribution >= 0.6 is 0 Å². The Bertz CT molecular complexity index is 763. The molecule has 1 aliphatic carbocycles. The quantitative estimate of drug-likeness (QED) is 0.579. The standard InChI is InChI=1S/C21H22O3/c1-4-8-18-19(21(18,2)3)20(22)24-14-16-12-17(23-13-16)11-15-9-6-5-7-10-15/h5-10,12-13,18-19H,1,11,14H2,2-3H3/t18-,19-/m0/s1. The Labute approximate surface area is 142 Å². The minimum absolute atomic E-state index is 0.0728. The van der Waals surface area contributed by atoms with Gasteiger partial charge in [0.15, 0.2) is 0 Å². The van der Waals surface area contributed by atoms with Gasteiger partial charge in [-0.3, -0.25) is 4.79 Å². The maximum Gasteiger partial charge on any atom is 0.310 e. The maximum atomic E-state index is 12.3. The van der Waals surface area contributed by atoms with Gasteiger partial charge < -0.3 is 9.15 Å². The smallest absolute Gasteiger partial charge is 0.310 e. The molecule has 3 nitrogen and oxygen atoms in total. The number of carbonyl (C=O) groups excluding carboxylic acids is 1. The van der Waals surface area contributed by atoms with Crippen molar-refractivity contribution in [2.45, 2.75) is 26.9 Å². The van der Waals surface area contributed by atoms with Crippen LogP contribution in [0.4, 0.5) is 0 Å². The van der Waals surface area contributed by atoms with Gasteiger partial charge in [0.1, 0.15) is 12.4 Å². The Morgan fingerprint density at radius 3 is 2.79 bits per heavy atom. The second-order valence-electron chi connectivity index (χ2n) is 6.89. The molecule has 1 aromatic heterocycles. The lowest BCUT2D eigenvalue weighted by molar-refractivity contribution is -0.147. The highest BCUT2D eigenvalue weighted by Gasteiger charge is 2.61. The highest BCUT2D eigenvalue weighted by molar-refractivity contribution is 5.78. The van der Waals surface area contributed by atoms with E-state index in [4.69, 9.17) is 9.15 Å². The van der Waals surface area contributed by atoms with Gasteiger partial charge in [0.25, 0.3) is 0 Å². The molecule has 0 aliphatic heterocycles. The van der Waals surface area contributed by atoms with Crippen LogP contribution in [0.15, 0.2) is 65.5 Å². The van der Waals surface area contributed by atoms with Crippen LogP contribution in [0.25, 0.3) is 0 Å². The Hall–Kier alpha value is -2.51. The molecule has 24 heavy (non-hydrogen) atoms. The molecular weight excluding hydrogens is 300 g/mol. The Balaban J connectivity index is 1.54. The lowest BCUT2D eigenvalue weighted by Gasteiger charge is -2.03. The molecule has 0 radical (unpaired) electrons. The summed E-state index contributed by atoms with van der Waals surface area (Å²) in [7, 11) is 0. The fourth-order valence-electron chi connectivity index (χ4n) is 3.20. The van der Waals surface area contributed by atoms with E-state index < -0.39 is 0 Å². The second-order valence-corrected chi connectivity index (χ2v) is 6.89. The zero-order valence-electron chi connectivity index (χ0n) is 14.1. The van der Waals surface area contributed by atoms with Gasteiger partial charge in [-0.1, -0.05) is 50.8 Å². The average molecular weight is 322 g/mol. The summed E-state index contributed by atoms with van der Waals surface area (Å²) >= 11 is 0. The van der Waals surface area contributed by atoms with Gasteiger partial charge >= 0.3 is 5.97 Å². The minimum atomic E-state index is -0.165. The first kappa shape index (κ1) is 16.4. The molecular formula is C21H22O3. The van der Waals surface area contributed by atoms with Crippen LogP contribution in [0.1, 0.15) is 30.7 Å². The zero-order chi connectivity index (χ0) is 17.2. The fraction of sp³-hybridized carbons (Fsp3) is 0.333. The van der Waals surface area contributed by atoms with Crippen molar-refractivity contribution in [1.29, 1.82) is 0 Å². The molecule has 0 saturated heterocycles. The number of furan rings is 1. The molecule has 0 amide bonds. The summed E-state index contributed by atoms with van der Waals surface area (Å²) in [5, 5.41) is 0. The number of hydrogen-bond donors (Lipinski definition) is 0. The van der Waals surface area contributed by atoms with E-state index in [-0.39, 0.29) is 29.8 Å². The Kier molecular flexibility index (Phi) is 4.46. The van der Waals surface area contributed by atoms with E-state index in [1.807, 2.05) is 30.3 Å². The summed E-state index contributed by atoms with van der Waals surface area (Å²) in [6.45, 7) is 7.96. The lowest BCUT2D eigenvalue weighted by atomic mass is 10.1. The number of esters is 1. The molecule has 1 aliphatic rings. The molecule has 1 fully saturated rings. The van der Waals surface area contributed by atoms with E-state index in [9.17, 15) is 4.79 Å². The fourth-order valence-corrected chi connectivity index (χ4v) is 3.20. The van der Waals surface area contributed by atoms with Crippen LogP contribution in [0.3, 0.4) is 0 Å². The third-order valence-corrected chi connectivity index (χ3v) is 4.77. The van der Waals surface area contributed by atoms with Crippen molar-refractivity contribution < 1.29 is 13.9 Å².